The minimum absolute atomic E-state index is 0.0928. The summed E-state index contributed by atoms with van der Waals surface area (Å²) in [5.74, 6) is 1.33. The maximum atomic E-state index is 6.33. The van der Waals surface area contributed by atoms with Crippen LogP contribution in [0.5, 0.6) is 0 Å². The van der Waals surface area contributed by atoms with E-state index in [1.54, 1.807) is 0 Å². The maximum absolute atomic E-state index is 6.33. The third kappa shape index (κ3) is 3.33. The fraction of sp³-hybridized carbons (Fsp3) is 1.00. The van der Waals surface area contributed by atoms with E-state index in [1.165, 1.54) is 6.42 Å². The summed E-state index contributed by atoms with van der Waals surface area (Å²) >= 11 is 0. The van der Waals surface area contributed by atoms with E-state index in [9.17, 15) is 0 Å². The Balaban J connectivity index is 1.84. The van der Waals surface area contributed by atoms with Gasteiger partial charge in [0.05, 0.1) is 11.2 Å². The molecule has 0 amide bonds. The zero-order valence-electron chi connectivity index (χ0n) is 16.1. The van der Waals surface area contributed by atoms with Crippen molar-refractivity contribution in [3.05, 3.63) is 0 Å². The van der Waals surface area contributed by atoms with Crippen molar-refractivity contribution in [2.24, 2.45) is 11.8 Å². The van der Waals surface area contributed by atoms with Crippen molar-refractivity contribution in [1.29, 1.82) is 0 Å². The molecule has 3 atom stereocenters. The predicted octanol–water partition coefficient (Wildman–Crippen LogP) is 4.74. The predicted molar refractivity (Wildman–Crippen MR) is 95.6 cm³/mol. The first kappa shape index (κ1) is 18.5. The molecule has 0 spiro atoms. The molecule has 128 valence electrons. The van der Waals surface area contributed by atoms with Crippen LogP contribution in [0.15, 0.2) is 0 Å². The van der Waals surface area contributed by atoms with Crippen LogP contribution in [0.25, 0.3) is 0 Å². The molecule has 5 heteroatoms. The highest BCUT2D eigenvalue weighted by atomic mass is 28.4. The molecule has 2 rings (SSSR count). The van der Waals surface area contributed by atoms with Crippen LogP contribution in [-0.2, 0) is 13.7 Å². The van der Waals surface area contributed by atoms with E-state index in [0.717, 1.165) is 18.9 Å². The molecule has 0 aromatic rings. The lowest BCUT2D eigenvalue weighted by Crippen LogP contribution is -2.47. The average molecular weight is 326 g/mol. The summed E-state index contributed by atoms with van der Waals surface area (Å²) in [6.45, 7) is 21.0. The summed E-state index contributed by atoms with van der Waals surface area (Å²) in [6.07, 6.45) is 2.40. The Bertz CT molecular complexity index is 419. The molecule has 3 unspecified atom stereocenters. The maximum Gasteiger partial charge on any atom is 0.454 e. The third-order valence-electron chi connectivity index (χ3n) is 6.45. The zero-order chi connectivity index (χ0) is 17.0. The Morgan fingerprint density at radius 3 is 2.23 bits per heavy atom. The van der Waals surface area contributed by atoms with Crippen LogP contribution in [0.1, 0.15) is 54.4 Å². The van der Waals surface area contributed by atoms with Crippen LogP contribution in [0.2, 0.25) is 25.0 Å². The van der Waals surface area contributed by atoms with Gasteiger partial charge in [-0.15, -0.1) is 0 Å². The first-order valence-electron chi connectivity index (χ1n) is 8.80. The number of rotatable bonds is 5. The SMILES string of the molecule is CB1OC(C)(C)C(C)(C2CC2CCO[Si](C)(C)C(C)(C)C)O1. The summed E-state index contributed by atoms with van der Waals surface area (Å²) in [6, 6.07) is 0. The van der Waals surface area contributed by atoms with Crippen molar-refractivity contribution in [3.8, 4) is 0 Å². The van der Waals surface area contributed by atoms with Gasteiger partial charge in [-0.2, -0.15) is 0 Å². The zero-order valence-corrected chi connectivity index (χ0v) is 17.1. The lowest BCUT2D eigenvalue weighted by atomic mass is 9.82. The first-order chi connectivity index (χ1) is 9.80. The van der Waals surface area contributed by atoms with Crippen molar-refractivity contribution in [2.45, 2.75) is 90.5 Å². The molecule has 3 nitrogen and oxygen atoms in total. The first-order valence-corrected chi connectivity index (χ1v) is 11.7. The standard InChI is InChI=1S/C17H35BO3Si/c1-15(2,3)22(8,9)19-11-10-13-12-14(13)17(6)16(4,5)20-18(7)21-17/h13-14H,10-12H2,1-9H3. The van der Waals surface area contributed by atoms with Gasteiger partial charge in [0.1, 0.15) is 0 Å². The highest BCUT2D eigenvalue weighted by molar-refractivity contribution is 6.74. The van der Waals surface area contributed by atoms with Gasteiger partial charge in [0, 0.05) is 6.61 Å². The molecule has 2 fully saturated rings. The van der Waals surface area contributed by atoms with Crippen LogP contribution >= 0.6 is 0 Å². The molecule has 1 heterocycles. The number of hydrogen-bond donors (Lipinski definition) is 0. The summed E-state index contributed by atoms with van der Waals surface area (Å²) in [7, 11) is -1.70. The molecule has 1 aliphatic heterocycles. The minimum Gasteiger partial charge on any atom is -0.417 e. The second kappa shape index (κ2) is 5.61. The molecule has 0 bridgehead atoms. The van der Waals surface area contributed by atoms with Gasteiger partial charge < -0.3 is 13.7 Å². The lowest BCUT2D eigenvalue weighted by molar-refractivity contribution is -0.0310. The largest absolute Gasteiger partial charge is 0.454 e. The van der Waals surface area contributed by atoms with Gasteiger partial charge in [0.2, 0.25) is 0 Å². The fourth-order valence-electron chi connectivity index (χ4n) is 3.50. The van der Waals surface area contributed by atoms with Crippen molar-refractivity contribution < 1.29 is 13.7 Å². The Kier molecular flexibility index (Phi) is 4.72. The summed E-state index contributed by atoms with van der Waals surface area (Å²) in [4.78, 5) is 0. The van der Waals surface area contributed by atoms with Gasteiger partial charge in [-0.25, -0.2) is 0 Å². The summed E-state index contributed by atoms with van der Waals surface area (Å²) in [5, 5.41) is 0.293. The van der Waals surface area contributed by atoms with Crippen molar-refractivity contribution in [1.82, 2.24) is 0 Å². The Morgan fingerprint density at radius 1 is 1.18 bits per heavy atom. The minimum atomic E-state index is -1.61. The summed E-state index contributed by atoms with van der Waals surface area (Å²) < 4.78 is 18.5. The van der Waals surface area contributed by atoms with E-state index in [0.29, 0.717) is 11.0 Å². The van der Waals surface area contributed by atoms with Crippen molar-refractivity contribution in [2.75, 3.05) is 6.61 Å². The van der Waals surface area contributed by atoms with Crippen LogP contribution < -0.4 is 0 Å². The molecule has 0 aromatic heterocycles. The van der Waals surface area contributed by atoms with E-state index in [4.69, 9.17) is 13.7 Å². The topological polar surface area (TPSA) is 27.7 Å². The molecule has 1 saturated carbocycles. The van der Waals surface area contributed by atoms with E-state index in [-0.39, 0.29) is 18.3 Å². The molecule has 0 radical (unpaired) electrons. The van der Waals surface area contributed by atoms with Gasteiger partial charge in [-0.05, 0) is 70.4 Å². The molecular formula is C17H35BO3Si. The van der Waals surface area contributed by atoms with Crippen LogP contribution in [0.3, 0.4) is 0 Å². The molecule has 0 N–H and O–H groups in total. The Labute approximate surface area is 138 Å². The van der Waals surface area contributed by atoms with E-state index >= 15 is 0 Å². The lowest BCUT2D eigenvalue weighted by Gasteiger charge is -2.38. The Hall–Kier alpha value is 0.162. The quantitative estimate of drug-likeness (QED) is 0.683. The van der Waals surface area contributed by atoms with Crippen LogP contribution in [0.4, 0.5) is 0 Å². The normalized spacial score (nSPS) is 35.0. The molecule has 22 heavy (non-hydrogen) atoms. The van der Waals surface area contributed by atoms with Gasteiger partial charge >= 0.3 is 7.12 Å². The molecule has 1 aliphatic carbocycles. The monoisotopic (exact) mass is 326 g/mol. The number of hydrogen-bond acceptors (Lipinski definition) is 3. The van der Waals surface area contributed by atoms with Crippen molar-refractivity contribution >= 4 is 15.4 Å². The molecule has 1 saturated heterocycles. The van der Waals surface area contributed by atoms with Gasteiger partial charge in [0.25, 0.3) is 0 Å². The highest BCUT2D eigenvalue weighted by Crippen LogP contribution is 2.57. The van der Waals surface area contributed by atoms with Crippen LogP contribution in [-0.4, -0.2) is 33.2 Å². The van der Waals surface area contributed by atoms with Gasteiger partial charge in [0.15, 0.2) is 8.32 Å². The second-order valence-electron chi connectivity index (χ2n) is 9.42. The Morgan fingerprint density at radius 2 is 1.77 bits per heavy atom. The van der Waals surface area contributed by atoms with Crippen LogP contribution in [0, 0.1) is 11.8 Å². The van der Waals surface area contributed by atoms with Crippen molar-refractivity contribution in [3.63, 3.8) is 0 Å². The van der Waals surface area contributed by atoms with Gasteiger partial charge in [-0.1, -0.05) is 20.8 Å². The van der Waals surface area contributed by atoms with Gasteiger partial charge in [-0.3, -0.25) is 0 Å². The highest BCUT2D eigenvalue weighted by Gasteiger charge is 2.62. The third-order valence-corrected chi connectivity index (χ3v) is 11.0. The summed E-state index contributed by atoms with van der Waals surface area (Å²) in [5.41, 5.74) is -0.361. The average Bonchev–Trinajstić information content (AvgIpc) is 3.01. The fourth-order valence-corrected chi connectivity index (χ4v) is 4.56. The van der Waals surface area contributed by atoms with E-state index in [1.807, 2.05) is 6.82 Å². The van der Waals surface area contributed by atoms with E-state index in [2.05, 4.69) is 54.6 Å². The smallest absolute Gasteiger partial charge is 0.417 e. The molecule has 2 aliphatic rings. The second-order valence-corrected chi connectivity index (χ2v) is 14.2. The molecular weight excluding hydrogens is 291 g/mol. The molecule has 0 aromatic carbocycles. The van der Waals surface area contributed by atoms with E-state index < -0.39 is 8.32 Å².